The van der Waals surface area contributed by atoms with Gasteiger partial charge in [0.1, 0.15) is 0 Å². The Morgan fingerprint density at radius 3 is 2.47 bits per heavy atom. The minimum absolute atomic E-state index is 0.593. The van der Waals surface area contributed by atoms with Crippen LogP contribution in [0, 0.1) is 0 Å². The van der Waals surface area contributed by atoms with Gasteiger partial charge in [-0.1, -0.05) is 13.8 Å². The highest BCUT2D eigenvalue weighted by atomic mass is 15.0. The van der Waals surface area contributed by atoms with Crippen LogP contribution in [0.3, 0.4) is 0 Å². The van der Waals surface area contributed by atoms with E-state index in [-0.39, 0.29) is 0 Å². The zero-order valence-electron chi connectivity index (χ0n) is 11.4. The SMILES string of the molecule is CCNCCCN=C1CC1NCCCNCC. The van der Waals surface area contributed by atoms with Crippen molar-refractivity contribution in [3.63, 3.8) is 0 Å². The molecule has 1 aliphatic carbocycles. The van der Waals surface area contributed by atoms with Gasteiger partial charge in [0.15, 0.2) is 0 Å². The van der Waals surface area contributed by atoms with Crippen LogP contribution < -0.4 is 16.0 Å². The third-order valence-corrected chi connectivity index (χ3v) is 2.90. The molecule has 100 valence electrons. The molecule has 1 fully saturated rings. The quantitative estimate of drug-likeness (QED) is 0.468. The molecule has 3 N–H and O–H groups in total. The Hall–Kier alpha value is -0.450. The first-order chi connectivity index (χ1) is 8.38. The molecule has 0 amide bonds. The normalized spacial score (nSPS) is 21.1. The lowest BCUT2D eigenvalue weighted by atomic mass is 10.4. The van der Waals surface area contributed by atoms with Crippen molar-refractivity contribution >= 4 is 5.71 Å². The minimum atomic E-state index is 0.593. The van der Waals surface area contributed by atoms with Gasteiger partial charge in [-0.05, 0) is 45.6 Å². The molecule has 1 atom stereocenters. The fourth-order valence-corrected chi connectivity index (χ4v) is 1.78. The Bertz CT molecular complexity index is 215. The van der Waals surface area contributed by atoms with Crippen LogP contribution in [-0.2, 0) is 0 Å². The van der Waals surface area contributed by atoms with Gasteiger partial charge in [-0.15, -0.1) is 0 Å². The molecule has 1 saturated carbocycles. The van der Waals surface area contributed by atoms with Gasteiger partial charge in [0.05, 0.1) is 6.04 Å². The number of nitrogens with one attached hydrogen (secondary N) is 3. The highest BCUT2D eigenvalue weighted by molar-refractivity contribution is 6.04. The van der Waals surface area contributed by atoms with Crippen LogP contribution >= 0.6 is 0 Å². The fraction of sp³-hybridized carbons (Fsp3) is 0.923. The first-order valence-electron chi connectivity index (χ1n) is 7.06. The van der Waals surface area contributed by atoms with Crippen LogP contribution in [0.25, 0.3) is 0 Å². The van der Waals surface area contributed by atoms with E-state index in [9.17, 15) is 0 Å². The number of aliphatic imine (C=N–C) groups is 1. The van der Waals surface area contributed by atoms with E-state index in [0.717, 1.165) is 45.7 Å². The highest BCUT2D eigenvalue weighted by Crippen LogP contribution is 2.16. The van der Waals surface area contributed by atoms with Crippen LogP contribution in [0.15, 0.2) is 4.99 Å². The first-order valence-corrected chi connectivity index (χ1v) is 7.06. The van der Waals surface area contributed by atoms with Crippen LogP contribution in [0.1, 0.15) is 33.1 Å². The molecular weight excluding hydrogens is 212 g/mol. The zero-order valence-corrected chi connectivity index (χ0v) is 11.4. The first kappa shape index (κ1) is 14.6. The topological polar surface area (TPSA) is 48.5 Å². The molecule has 0 bridgehead atoms. The van der Waals surface area contributed by atoms with Crippen molar-refractivity contribution in [3.05, 3.63) is 0 Å². The number of nitrogens with zero attached hydrogens (tertiary/aromatic N) is 1. The van der Waals surface area contributed by atoms with Gasteiger partial charge in [0, 0.05) is 18.7 Å². The van der Waals surface area contributed by atoms with Gasteiger partial charge in [0.25, 0.3) is 0 Å². The van der Waals surface area contributed by atoms with Crippen molar-refractivity contribution in [1.29, 1.82) is 0 Å². The van der Waals surface area contributed by atoms with E-state index in [2.05, 4.69) is 34.8 Å². The van der Waals surface area contributed by atoms with Crippen molar-refractivity contribution in [1.82, 2.24) is 16.0 Å². The minimum Gasteiger partial charge on any atom is -0.317 e. The standard InChI is InChI=1S/C13H28N4/c1-3-14-7-5-9-16-12-11-13(12)17-10-6-8-15-4-2/h12,14-16H,3-11H2,1-2H3. The second-order valence-corrected chi connectivity index (χ2v) is 4.50. The van der Waals surface area contributed by atoms with Gasteiger partial charge in [-0.2, -0.15) is 0 Å². The molecule has 4 nitrogen and oxygen atoms in total. The third kappa shape index (κ3) is 7.47. The van der Waals surface area contributed by atoms with E-state index in [1.54, 1.807) is 0 Å². The molecule has 0 saturated heterocycles. The van der Waals surface area contributed by atoms with Crippen molar-refractivity contribution < 1.29 is 0 Å². The highest BCUT2D eigenvalue weighted by Gasteiger charge is 2.30. The molecule has 0 aromatic carbocycles. The van der Waals surface area contributed by atoms with Crippen LogP contribution in [-0.4, -0.2) is 51.0 Å². The summed E-state index contributed by atoms with van der Waals surface area (Å²) in [7, 11) is 0. The summed E-state index contributed by atoms with van der Waals surface area (Å²) in [6.45, 7) is 10.7. The van der Waals surface area contributed by atoms with E-state index >= 15 is 0 Å². The average molecular weight is 240 g/mol. The monoisotopic (exact) mass is 240 g/mol. The van der Waals surface area contributed by atoms with E-state index in [1.807, 2.05) is 0 Å². The summed E-state index contributed by atoms with van der Waals surface area (Å²) < 4.78 is 0. The van der Waals surface area contributed by atoms with Crippen molar-refractivity contribution in [2.45, 2.75) is 39.2 Å². The zero-order chi connectivity index (χ0) is 12.3. The molecule has 0 aliphatic heterocycles. The number of hydrogen-bond acceptors (Lipinski definition) is 4. The molecule has 0 spiro atoms. The van der Waals surface area contributed by atoms with Gasteiger partial charge in [0.2, 0.25) is 0 Å². The molecule has 0 aromatic heterocycles. The van der Waals surface area contributed by atoms with Crippen LogP contribution in [0.2, 0.25) is 0 Å². The number of hydrogen-bond donors (Lipinski definition) is 3. The smallest absolute Gasteiger partial charge is 0.0504 e. The van der Waals surface area contributed by atoms with Crippen LogP contribution in [0.4, 0.5) is 0 Å². The van der Waals surface area contributed by atoms with E-state index in [1.165, 1.54) is 18.6 Å². The lowest BCUT2D eigenvalue weighted by Crippen LogP contribution is -2.24. The molecule has 1 unspecified atom stereocenters. The largest absolute Gasteiger partial charge is 0.317 e. The van der Waals surface area contributed by atoms with Crippen molar-refractivity contribution in [2.75, 3.05) is 39.3 Å². The lowest BCUT2D eigenvalue weighted by Gasteiger charge is -2.02. The van der Waals surface area contributed by atoms with Gasteiger partial charge < -0.3 is 16.0 Å². The average Bonchev–Trinajstić information content (AvgIpc) is 3.07. The molecule has 0 aromatic rings. The molecular formula is C13H28N4. The molecule has 1 aliphatic rings. The predicted molar refractivity (Wildman–Crippen MR) is 75.0 cm³/mol. The third-order valence-electron chi connectivity index (χ3n) is 2.90. The van der Waals surface area contributed by atoms with Gasteiger partial charge in [-0.3, -0.25) is 4.99 Å². The maximum absolute atomic E-state index is 4.60. The maximum atomic E-state index is 4.60. The molecule has 0 heterocycles. The Balaban J connectivity index is 1.88. The Morgan fingerprint density at radius 2 is 1.76 bits per heavy atom. The van der Waals surface area contributed by atoms with E-state index < -0.39 is 0 Å². The second-order valence-electron chi connectivity index (χ2n) is 4.50. The van der Waals surface area contributed by atoms with E-state index in [4.69, 9.17) is 0 Å². The second kappa shape index (κ2) is 9.57. The summed E-state index contributed by atoms with van der Waals surface area (Å²) in [4.78, 5) is 4.60. The van der Waals surface area contributed by atoms with Crippen molar-refractivity contribution in [2.24, 2.45) is 4.99 Å². The summed E-state index contributed by atoms with van der Waals surface area (Å²) in [6, 6.07) is 0.593. The fourth-order valence-electron chi connectivity index (χ4n) is 1.78. The lowest BCUT2D eigenvalue weighted by molar-refractivity contribution is 0.613. The summed E-state index contributed by atoms with van der Waals surface area (Å²) >= 11 is 0. The maximum Gasteiger partial charge on any atom is 0.0504 e. The Morgan fingerprint density at radius 1 is 1.06 bits per heavy atom. The van der Waals surface area contributed by atoms with Crippen LogP contribution in [0.5, 0.6) is 0 Å². The van der Waals surface area contributed by atoms with Crippen molar-refractivity contribution in [3.8, 4) is 0 Å². The molecule has 17 heavy (non-hydrogen) atoms. The molecule has 4 heteroatoms. The predicted octanol–water partition coefficient (Wildman–Crippen LogP) is 0.789. The summed E-state index contributed by atoms with van der Waals surface area (Å²) in [5, 5.41) is 10.2. The molecule has 1 rings (SSSR count). The number of rotatable bonds is 11. The molecule has 0 radical (unpaired) electrons. The summed E-state index contributed by atoms with van der Waals surface area (Å²) in [5.74, 6) is 0. The van der Waals surface area contributed by atoms with Gasteiger partial charge >= 0.3 is 0 Å². The summed E-state index contributed by atoms with van der Waals surface area (Å²) in [6.07, 6.45) is 3.53. The van der Waals surface area contributed by atoms with E-state index in [0.29, 0.717) is 6.04 Å². The Kier molecular flexibility index (Phi) is 8.22. The summed E-state index contributed by atoms with van der Waals surface area (Å²) in [5.41, 5.74) is 1.38. The Labute approximate surface area is 106 Å². The van der Waals surface area contributed by atoms with Gasteiger partial charge in [-0.25, -0.2) is 0 Å².